The number of phenols is 1. The number of benzene rings is 2. The minimum Gasteiger partial charge on any atom is -0.507 e. The highest BCUT2D eigenvalue weighted by atomic mass is 79.9. The van der Waals surface area contributed by atoms with E-state index in [1.54, 1.807) is 12.1 Å². The molecule has 0 unspecified atom stereocenters. The normalized spacial score (nSPS) is 15.0. The number of likely N-dealkylation sites (tertiary alicyclic amines) is 1. The van der Waals surface area contributed by atoms with Crippen molar-refractivity contribution in [2.24, 2.45) is 0 Å². The second-order valence-electron chi connectivity index (χ2n) is 7.18. The van der Waals surface area contributed by atoms with Gasteiger partial charge in [-0.3, -0.25) is 9.69 Å². The van der Waals surface area contributed by atoms with Crippen molar-refractivity contribution in [3.05, 3.63) is 63.1 Å². The van der Waals surface area contributed by atoms with Gasteiger partial charge in [-0.15, -0.1) is 0 Å². The van der Waals surface area contributed by atoms with E-state index < -0.39 is 0 Å². The fourth-order valence-corrected chi connectivity index (χ4v) is 3.89. The molecular formula is C23H26BrNO4. The van der Waals surface area contributed by atoms with Crippen LogP contribution in [0, 0.1) is 0 Å². The summed E-state index contributed by atoms with van der Waals surface area (Å²) in [5.74, 6) is -0.185. The van der Waals surface area contributed by atoms with Gasteiger partial charge in [-0.1, -0.05) is 40.6 Å². The van der Waals surface area contributed by atoms with Gasteiger partial charge in [0.05, 0.1) is 13.7 Å². The van der Waals surface area contributed by atoms with Gasteiger partial charge in [-0.2, -0.15) is 0 Å². The van der Waals surface area contributed by atoms with Crippen LogP contribution < -0.4 is 4.74 Å². The maximum Gasteiger partial charge on any atom is 0.193 e. The summed E-state index contributed by atoms with van der Waals surface area (Å²) in [5.41, 5.74) is 2.18. The number of carbonyl (C=O) groups excluding carboxylic acids is 1. The molecule has 0 radical (unpaired) electrons. The molecule has 0 saturated carbocycles. The van der Waals surface area contributed by atoms with Gasteiger partial charge in [-0.05, 0) is 61.3 Å². The number of allylic oxidation sites excluding steroid dienone is 1. The van der Waals surface area contributed by atoms with Crippen LogP contribution in [0.3, 0.4) is 0 Å². The van der Waals surface area contributed by atoms with Gasteiger partial charge in [0.2, 0.25) is 0 Å². The van der Waals surface area contributed by atoms with Crippen LogP contribution in [0.2, 0.25) is 0 Å². The van der Waals surface area contributed by atoms with E-state index in [2.05, 4.69) is 20.8 Å². The van der Waals surface area contributed by atoms with Crippen molar-refractivity contribution >= 4 is 27.8 Å². The number of aliphatic hydroxyl groups is 1. The lowest BCUT2D eigenvalue weighted by Crippen LogP contribution is -2.29. The SMILES string of the molecule is COc1cc(CO)c(CN2CCCCC2)c(O)c1C(=O)/C=C/c1ccc(Br)cc1. The Labute approximate surface area is 179 Å². The van der Waals surface area contributed by atoms with Crippen LogP contribution in [0.4, 0.5) is 0 Å². The minimum atomic E-state index is -0.341. The van der Waals surface area contributed by atoms with Gasteiger partial charge in [0.15, 0.2) is 5.78 Å². The molecule has 0 atom stereocenters. The monoisotopic (exact) mass is 459 g/mol. The molecule has 1 saturated heterocycles. The summed E-state index contributed by atoms with van der Waals surface area (Å²) < 4.78 is 6.32. The predicted octanol–water partition coefficient (Wildman–Crippen LogP) is 4.54. The highest BCUT2D eigenvalue weighted by Crippen LogP contribution is 2.36. The predicted molar refractivity (Wildman–Crippen MR) is 117 cm³/mol. The number of ketones is 1. The first kappa shape index (κ1) is 21.6. The van der Waals surface area contributed by atoms with E-state index in [0.29, 0.717) is 17.7 Å². The Kier molecular flexibility index (Phi) is 7.47. The highest BCUT2D eigenvalue weighted by Gasteiger charge is 2.24. The smallest absolute Gasteiger partial charge is 0.193 e. The van der Waals surface area contributed by atoms with E-state index in [9.17, 15) is 15.0 Å². The minimum absolute atomic E-state index is 0.107. The summed E-state index contributed by atoms with van der Waals surface area (Å²) in [5, 5.41) is 20.8. The second-order valence-corrected chi connectivity index (χ2v) is 8.10. The molecule has 154 valence electrons. The summed E-state index contributed by atoms with van der Waals surface area (Å²) in [7, 11) is 1.45. The summed E-state index contributed by atoms with van der Waals surface area (Å²) >= 11 is 3.39. The van der Waals surface area contributed by atoms with Crippen molar-refractivity contribution in [3.8, 4) is 11.5 Å². The summed E-state index contributed by atoms with van der Waals surface area (Å²) in [6, 6.07) is 9.23. The average molecular weight is 460 g/mol. The largest absolute Gasteiger partial charge is 0.507 e. The zero-order valence-corrected chi connectivity index (χ0v) is 18.1. The Hall–Kier alpha value is -2.15. The Balaban J connectivity index is 1.94. The lowest BCUT2D eigenvalue weighted by Gasteiger charge is -2.28. The van der Waals surface area contributed by atoms with Crippen molar-refractivity contribution in [2.45, 2.75) is 32.4 Å². The Morgan fingerprint density at radius 3 is 2.52 bits per heavy atom. The number of piperidine rings is 1. The number of carbonyl (C=O) groups is 1. The molecule has 1 fully saturated rings. The van der Waals surface area contributed by atoms with Crippen molar-refractivity contribution in [2.75, 3.05) is 20.2 Å². The van der Waals surface area contributed by atoms with Crippen molar-refractivity contribution in [1.82, 2.24) is 4.90 Å². The molecule has 2 aromatic carbocycles. The van der Waals surface area contributed by atoms with Crippen LogP contribution in [-0.4, -0.2) is 41.1 Å². The average Bonchev–Trinajstić information content (AvgIpc) is 2.75. The van der Waals surface area contributed by atoms with Gasteiger partial charge in [0.25, 0.3) is 0 Å². The zero-order valence-electron chi connectivity index (χ0n) is 16.5. The van der Waals surface area contributed by atoms with Gasteiger partial charge in [-0.25, -0.2) is 0 Å². The molecule has 0 amide bonds. The molecule has 0 aromatic heterocycles. The standard InChI is InChI=1S/C23H26BrNO4/c1-29-21-13-17(15-26)19(14-25-11-3-2-4-12-25)23(28)22(21)20(27)10-7-16-5-8-18(24)9-6-16/h5-10,13,26,28H,2-4,11-12,14-15H2,1H3/b10-7+. The number of nitrogens with zero attached hydrogens (tertiary/aromatic N) is 1. The fraction of sp³-hybridized carbons (Fsp3) is 0.348. The number of ether oxygens (including phenoxy) is 1. The van der Waals surface area contributed by atoms with Crippen LogP contribution >= 0.6 is 15.9 Å². The molecule has 2 aromatic rings. The lowest BCUT2D eigenvalue weighted by atomic mass is 9.97. The quantitative estimate of drug-likeness (QED) is 0.469. The van der Waals surface area contributed by atoms with Crippen LogP contribution in [0.25, 0.3) is 6.08 Å². The molecule has 1 aliphatic rings. The molecule has 0 spiro atoms. The van der Waals surface area contributed by atoms with Crippen molar-refractivity contribution in [3.63, 3.8) is 0 Å². The van der Waals surface area contributed by atoms with Gasteiger partial charge in [0, 0.05) is 16.6 Å². The second kappa shape index (κ2) is 10.1. The highest BCUT2D eigenvalue weighted by molar-refractivity contribution is 9.10. The van der Waals surface area contributed by atoms with Gasteiger partial charge < -0.3 is 14.9 Å². The third-order valence-corrected chi connectivity index (χ3v) is 5.75. The molecule has 6 heteroatoms. The molecule has 3 rings (SSSR count). The van der Waals surface area contributed by atoms with Crippen LogP contribution in [0.1, 0.15) is 46.3 Å². The first-order chi connectivity index (χ1) is 14.0. The molecule has 0 bridgehead atoms. The number of halogens is 1. The van der Waals surface area contributed by atoms with Crippen LogP contribution in [-0.2, 0) is 13.2 Å². The van der Waals surface area contributed by atoms with E-state index in [4.69, 9.17) is 4.74 Å². The topological polar surface area (TPSA) is 70.0 Å². The third-order valence-electron chi connectivity index (χ3n) is 5.23. The van der Waals surface area contributed by atoms with E-state index in [1.807, 2.05) is 24.3 Å². The Bertz CT molecular complexity index is 887. The van der Waals surface area contributed by atoms with Gasteiger partial charge >= 0.3 is 0 Å². The number of hydrogen-bond donors (Lipinski definition) is 2. The molecule has 1 heterocycles. The van der Waals surface area contributed by atoms with Crippen LogP contribution in [0.5, 0.6) is 11.5 Å². The first-order valence-electron chi connectivity index (χ1n) is 9.76. The van der Waals surface area contributed by atoms with E-state index >= 15 is 0 Å². The number of rotatable bonds is 7. The maximum atomic E-state index is 12.9. The number of aliphatic hydroxyl groups excluding tert-OH is 1. The van der Waals surface area contributed by atoms with Crippen molar-refractivity contribution < 1.29 is 19.7 Å². The van der Waals surface area contributed by atoms with Crippen molar-refractivity contribution in [1.29, 1.82) is 0 Å². The lowest BCUT2D eigenvalue weighted by molar-refractivity contribution is 0.104. The molecule has 29 heavy (non-hydrogen) atoms. The van der Waals surface area contributed by atoms with E-state index in [-0.39, 0.29) is 29.5 Å². The summed E-state index contributed by atoms with van der Waals surface area (Å²) in [4.78, 5) is 15.2. The van der Waals surface area contributed by atoms with E-state index in [1.165, 1.54) is 19.6 Å². The van der Waals surface area contributed by atoms with Gasteiger partial charge in [0.1, 0.15) is 17.1 Å². The van der Waals surface area contributed by atoms with Crippen LogP contribution in [0.15, 0.2) is 40.9 Å². The molecule has 2 N–H and O–H groups in total. The number of aromatic hydroxyl groups is 1. The Morgan fingerprint density at radius 2 is 1.90 bits per heavy atom. The molecular weight excluding hydrogens is 434 g/mol. The number of phenolic OH excluding ortho intramolecular Hbond substituents is 1. The number of methoxy groups -OCH3 is 1. The summed E-state index contributed by atoms with van der Waals surface area (Å²) in [6.07, 6.45) is 6.59. The zero-order chi connectivity index (χ0) is 20.8. The molecule has 5 nitrogen and oxygen atoms in total. The first-order valence-corrected chi connectivity index (χ1v) is 10.6. The fourth-order valence-electron chi connectivity index (χ4n) is 3.62. The summed E-state index contributed by atoms with van der Waals surface area (Å²) in [6.45, 7) is 2.17. The third kappa shape index (κ3) is 5.26. The number of hydrogen-bond acceptors (Lipinski definition) is 5. The molecule has 1 aliphatic heterocycles. The molecule has 0 aliphatic carbocycles. The van der Waals surface area contributed by atoms with E-state index in [0.717, 1.165) is 36.0 Å². The maximum absolute atomic E-state index is 12.9. The Morgan fingerprint density at radius 1 is 1.21 bits per heavy atom.